The standard InChI is InChI=1S/C6H13NO2S3/c1-12(8,9)7-6-3-2-4-10-11-5-6/h6-7H,2-5H2,1H3. The minimum Gasteiger partial charge on any atom is -0.213 e. The molecule has 0 radical (unpaired) electrons. The summed E-state index contributed by atoms with van der Waals surface area (Å²) in [5, 5.41) is 0. The third kappa shape index (κ3) is 4.59. The first kappa shape index (κ1) is 10.7. The summed E-state index contributed by atoms with van der Waals surface area (Å²) in [6, 6.07) is 0.139. The van der Waals surface area contributed by atoms with Crippen LogP contribution in [0.1, 0.15) is 12.8 Å². The van der Waals surface area contributed by atoms with Gasteiger partial charge in [-0.15, -0.1) is 0 Å². The molecule has 1 atom stereocenters. The van der Waals surface area contributed by atoms with Crippen molar-refractivity contribution in [1.82, 2.24) is 4.72 Å². The molecule has 0 aliphatic carbocycles. The van der Waals surface area contributed by atoms with Crippen molar-refractivity contribution >= 4 is 31.6 Å². The van der Waals surface area contributed by atoms with Crippen molar-refractivity contribution < 1.29 is 8.42 Å². The van der Waals surface area contributed by atoms with Crippen LogP contribution in [0, 0.1) is 0 Å². The lowest BCUT2D eigenvalue weighted by molar-refractivity contribution is 0.554. The molecule has 12 heavy (non-hydrogen) atoms. The van der Waals surface area contributed by atoms with Gasteiger partial charge in [-0.2, -0.15) is 0 Å². The van der Waals surface area contributed by atoms with Crippen molar-refractivity contribution in [2.24, 2.45) is 0 Å². The number of hydrogen-bond acceptors (Lipinski definition) is 4. The second-order valence-corrected chi connectivity index (χ2v) is 7.24. The summed E-state index contributed by atoms with van der Waals surface area (Å²) in [5.41, 5.74) is 0. The van der Waals surface area contributed by atoms with Crippen LogP contribution in [-0.4, -0.2) is 32.2 Å². The first-order chi connectivity index (χ1) is 5.58. The fourth-order valence-electron chi connectivity index (χ4n) is 1.06. The lowest BCUT2D eigenvalue weighted by Gasteiger charge is -2.12. The molecule has 0 aromatic carbocycles. The second kappa shape index (κ2) is 4.74. The Morgan fingerprint density at radius 3 is 2.83 bits per heavy atom. The highest BCUT2D eigenvalue weighted by molar-refractivity contribution is 8.76. The lowest BCUT2D eigenvalue weighted by Crippen LogP contribution is -2.35. The molecule has 6 heteroatoms. The van der Waals surface area contributed by atoms with Gasteiger partial charge in [0.25, 0.3) is 0 Å². The number of nitrogens with one attached hydrogen (secondary N) is 1. The van der Waals surface area contributed by atoms with Crippen LogP contribution in [0.4, 0.5) is 0 Å². The van der Waals surface area contributed by atoms with Gasteiger partial charge in [0.2, 0.25) is 10.0 Å². The quantitative estimate of drug-likeness (QED) is 0.717. The first-order valence-electron chi connectivity index (χ1n) is 3.79. The van der Waals surface area contributed by atoms with E-state index in [9.17, 15) is 8.42 Å². The molecule has 1 saturated heterocycles. The molecule has 1 N–H and O–H groups in total. The molecule has 1 fully saturated rings. The molecule has 1 heterocycles. The summed E-state index contributed by atoms with van der Waals surface area (Å²) >= 11 is 0. The monoisotopic (exact) mass is 227 g/mol. The van der Waals surface area contributed by atoms with Crippen LogP contribution in [0.15, 0.2) is 0 Å². The van der Waals surface area contributed by atoms with Crippen molar-refractivity contribution in [1.29, 1.82) is 0 Å². The van der Waals surface area contributed by atoms with E-state index in [4.69, 9.17) is 0 Å². The number of hydrogen-bond donors (Lipinski definition) is 1. The van der Waals surface area contributed by atoms with Crippen molar-refractivity contribution in [3.8, 4) is 0 Å². The van der Waals surface area contributed by atoms with Gasteiger partial charge in [-0.1, -0.05) is 21.6 Å². The van der Waals surface area contributed by atoms with Gasteiger partial charge in [-0.05, 0) is 12.8 Å². The molecule has 1 aliphatic heterocycles. The summed E-state index contributed by atoms with van der Waals surface area (Å²) < 4.78 is 24.4. The van der Waals surface area contributed by atoms with E-state index in [0.29, 0.717) is 0 Å². The van der Waals surface area contributed by atoms with Crippen LogP contribution in [0.2, 0.25) is 0 Å². The molecule has 1 rings (SSSR count). The molecule has 1 aliphatic rings. The second-order valence-electron chi connectivity index (χ2n) is 2.84. The van der Waals surface area contributed by atoms with Gasteiger partial charge in [0.15, 0.2) is 0 Å². The maximum Gasteiger partial charge on any atom is 0.208 e. The largest absolute Gasteiger partial charge is 0.213 e. The van der Waals surface area contributed by atoms with Crippen LogP contribution in [0.5, 0.6) is 0 Å². The fourth-order valence-corrected chi connectivity index (χ4v) is 4.37. The maximum absolute atomic E-state index is 10.9. The smallest absolute Gasteiger partial charge is 0.208 e. The Morgan fingerprint density at radius 1 is 1.42 bits per heavy atom. The fraction of sp³-hybridized carbons (Fsp3) is 1.00. The molecule has 1 unspecified atom stereocenters. The zero-order valence-electron chi connectivity index (χ0n) is 6.95. The van der Waals surface area contributed by atoms with Crippen molar-refractivity contribution in [3.63, 3.8) is 0 Å². The van der Waals surface area contributed by atoms with E-state index in [-0.39, 0.29) is 6.04 Å². The van der Waals surface area contributed by atoms with Gasteiger partial charge in [0.05, 0.1) is 6.26 Å². The molecule has 0 bridgehead atoms. The van der Waals surface area contributed by atoms with E-state index in [2.05, 4.69) is 4.72 Å². The predicted octanol–water partition coefficient (Wildman–Crippen LogP) is 1.08. The van der Waals surface area contributed by atoms with Crippen molar-refractivity contribution in [2.45, 2.75) is 18.9 Å². The van der Waals surface area contributed by atoms with Gasteiger partial charge < -0.3 is 0 Å². The minimum absolute atomic E-state index is 0.139. The van der Waals surface area contributed by atoms with Gasteiger partial charge in [-0.3, -0.25) is 0 Å². The SMILES string of the molecule is CS(=O)(=O)NC1CCCSSC1. The highest BCUT2D eigenvalue weighted by atomic mass is 33.1. The van der Waals surface area contributed by atoms with Crippen LogP contribution < -0.4 is 4.72 Å². The summed E-state index contributed by atoms with van der Waals surface area (Å²) in [7, 11) is 0.569. The van der Waals surface area contributed by atoms with E-state index in [0.717, 1.165) is 24.3 Å². The van der Waals surface area contributed by atoms with E-state index >= 15 is 0 Å². The Labute approximate surface area is 81.5 Å². The van der Waals surface area contributed by atoms with E-state index < -0.39 is 10.0 Å². The maximum atomic E-state index is 10.9. The van der Waals surface area contributed by atoms with Crippen LogP contribution in [-0.2, 0) is 10.0 Å². The highest BCUT2D eigenvalue weighted by Gasteiger charge is 2.15. The van der Waals surface area contributed by atoms with E-state index in [1.54, 1.807) is 10.8 Å². The normalized spacial score (nSPS) is 26.6. The molecule has 0 aromatic heterocycles. The van der Waals surface area contributed by atoms with Crippen molar-refractivity contribution in [2.75, 3.05) is 17.8 Å². The third-order valence-electron chi connectivity index (χ3n) is 1.51. The Bertz CT molecular complexity index is 219. The van der Waals surface area contributed by atoms with E-state index in [1.807, 2.05) is 10.8 Å². The topological polar surface area (TPSA) is 46.2 Å². The average Bonchev–Trinajstić information content (AvgIpc) is 2.12. The molecule has 0 aromatic rings. The molecule has 0 saturated carbocycles. The van der Waals surface area contributed by atoms with E-state index in [1.165, 1.54) is 6.26 Å². The molecule has 3 nitrogen and oxygen atoms in total. The van der Waals surface area contributed by atoms with Crippen LogP contribution in [0.3, 0.4) is 0 Å². The van der Waals surface area contributed by atoms with Gasteiger partial charge in [0, 0.05) is 17.5 Å². The summed E-state index contributed by atoms with van der Waals surface area (Å²) in [6.07, 6.45) is 3.29. The number of rotatable bonds is 2. The predicted molar refractivity (Wildman–Crippen MR) is 55.9 cm³/mol. The number of sulfonamides is 1. The lowest BCUT2D eigenvalue weighted by atomic mass is 10.2. The Balaban J connectivity index is 2.40. The zero-order chi connectivity index (χ0) is 9.03. The first-order valence-corrected chi connectivity index (χ1v) is 8.17. The minimum atomic E-state index is -3.01. The van der Waals surface area contributed by atoms with Gasteiger partial charge >= 0.3 is 0 Å². The molecular formula is C6H13NO2S3. The summed E-state index contributed by atoms with van der Waals surface area (Å²) in [5.74, 6) is 2.02. The Morgan fingerprint density at radius 2 is 2.17 bits per heavy atom. The average molecular weight is 227 g/mol. The summed E-state index contributed by atoms with van der Waals surface area (Å²) in [6.45, 7) is 0. The summed E-state index contributed by atoms with van der Waals surface area (Å²) in [4.78, 5) is 0. The molecular weight excluding hydrogens is 214 g/mol. The Hall–Kier alpha value is 0.610. The van der Waals surface area contributed by atoms with Gasteiger partial charge in [-0.25, -0.2) is 13.1 Å². The molecule has 0 amide bonds. The Kier molecular flexibility index (Phi) is 4.22. The highest BCUT2D eigenvalue weighted by Crippen LogP contribution is 2.28. The van der Waals surface area contributed by atoms with Gasteiger partial charge in [0.1, 0.15) is 0 Å². The molecule has 0 spiro atoms. The molecule has 72 valence electrons. The third-order valence-corrected chi connectivity index (χ3v) is 4.84. The van der Waals surface area contributed by atoms with Crippen LogP contribution >= 0.6 is 21.6 Å². The van der Waals surface area contributed by atoms with Crippen LogP contribution in [0.25, 0.3) is 0 Å². The zero-order valence-corrected chi connectivity index (χ0v) is 9.40. The van der Waals surface area contributed by atoms with Crippen molar-refractivity contribution in [3.05, 3.63) is 0 Å².